The van der Waals surface area contributed by atoms with Crippen LogP contribution in [0.15, 0.2) is 11.1 Å². The van der Waals surface area contributed by atoms with Gasteiger partial charge in [0.2, 0.25) is 0 Å². The SMILES string of the molecule is CCNC(=NCCCn1nc(C)cc1C)NCCN1CCS(=O)(=O)CC1. The molecule has 0 bridgehead atoms. The summed E-state index contributed by atoms with van der Waals surface area (Å²) in [5.74, 6) is 1.35. The van der Waals surface area contributed by atoms with E-state index >= 15 is 0 Å². The molecule has 1 fully saturated rings. The molecule has 0 unspecified atom stereocenters. The van der Waals surface area contributed by atoms with Crippen molar-refractivity contribution in [1.82, 2.24) is 25.3 Å². The first-order valence-corrected chi connectivity index (χ1v) is 11.2. The smallest absolute Gasteiger partial charge is 0.191 e. The van der Waals surface area contributed by atoms with Crippen molar-refractivity contribution in [3.8, 4) is 0 Å². The molecule has 1 aromatic rings. The maximum Gasteiger partial charge on any atom is 0.191 e. The molecule has 0 saturated carbocycles. The van der Waals surface area contributed by atoms with E-state index in [-0.39, 0.29) is 11.5 Å². The highest BCUT2D eigenvalue weighted by atomic mass is 32.2. The maximum absolute atomic E-state index is 11.5. The summed E-state index contributed by atoms with van der Waals surface area (Å²) in [6.45, 7) is 11.4. The zero-order valence-corrected chi connectivity index (χ0v) is 17.0. The monoisotopic (exact) mass is 384 g/mol. The van der Waals surface area contributed by atoms with E-state index in [1.165, 1.54) is 5.69 Å². The summed E-state index contributed by atoms with van der Waals surface area (Å²) in [7, 11) is -2.81. The minimum atomic E-state index is -2.81. The van der Waals surface area contributed by atoms with E-state index in [9.17, 15) is 8.42 Å². The molecule has 1 aliphatic heterocycles. The van der Waals surface area contributed by atoms with Crippen molar-refractivity contribution in [2.24, 2.45) is 4.99 Å². The van der Waals surface area contributed by atoms with Crippen LogP contribution >= 0.6 is 0 Å². The lowest BCUT2D eigenvalue weighted by Crippen LogP contribution is -2.46. The maximum atomic E-state index is 11.5. The molecule has 148 valence electrons. The first kappa shape index (κ1) is 20.7. The number of aliphatic imine (C=N–C) groups is 1. The summed E-state index contributed by atoms with van der Waals surface area (Å²) in [5, 5.41) is 11.0. The molecule has 1 saturated heterocycles. The Labute approximate surface area is 157 Å². The average molecular weight is 385 g/mol. The fourth-order valence-corrected chi connectivity index (χ4v) is 4.24. The van der Waals surface area contributed by atoms with Crippen molar-refractivity contribution >= 4 is 15.8 Å². The van der Waals surface area contributed by atoms with Gasteiger partial charge in [0.1, 0.15) is 0 Å². The Balaban J connectivity index is 1.70. The van der Waals surface area contributed by atoms with Crippen LogP contribution in [-0.4, -0.2) is 79.8 Å². The second-order valence-corrected chi connectivity index (χ2v) is 8.99. The normalized spacial score (nSPS) is 18.0. The highest BCUT2D eigenvalue weighted by Crippen LogP contribution is 2.03. The van der Waals surface area contributed by atoms with E-state index in [0.29, 0.717) is 13.1 Å². The van der Waals surface area contributed by atoms with Crippen molar-refractivity contribution in [3.05, 3.63) is 17.5 Å². The lowest BCUT2D eigenvalue weighted by Gasteiger charge is -2.26. The molecule has 2 rings (SSSR count). The Bertz CT molecular complexity index is 684. The Morgan fingerprint density at radius 3 is 2.58 bits per heavy atom. The van der Waals surface area contributed by atoms with Gasteiger partial charge in [-0.15, -0.1) is 0 Å². The molecular formula is C17H32N6O2S. The average Bonchev–Trinajstić information content (AvgIpc) is 2.90. The Kier molecular flexibility index (Phi) is 7.89. The van der Waals surface area contributed by atoms with Crippen LogP contribution in [0.5, 0.6) is 0 Å². The first-order chi connectivity index (χ1) is 12.4. The summed E-state index contributed by atoms with van der Waals surface area (Å²) < 4.78 is 24.9. The van der Waals surface area contributed by atoms with E-state index in [0.717, 1.165) is 50.8 Å². The van der Waals surface area contributed by atoms with Crippen LogP contribution in [0.25, 0.3) is 0 Å². The van der Waals surface area contributed by atoms with Crippen LogP contribution in [0.4, 0.5) is 0 Å². The number of guanidine groups is 1. The van der Waals surface area contributed by atoms with E-state index in [4.69, 9.17) is 0 Å². The van der Waals surface area contributed by atoms with Crippen molar-refractivity contribution in [2.45, 2.75) is 33.7 Å². The predicted octanol–water partition coefficient (Wildman–Crippen LogP) is 0.176. The van der Waals surface area contributed by atoms with Gasteiger partial charge in [-0.3, -0.25) is 14.6 Å². The topological polar surface area (TPSA) is 91.6 Å². The second-order valence-electron chi connectivity index (χ2n) is 6.68. The third kappa shape index (κ3) is 6.95. The van der Waals surface area contributed by atoms with Crippen molar-refractivity contribution in [3.63, 3.8) is 0 Å². The predicted molar refractivity (Wildman–Crippen MR) is 105 cm³/mol. The van der Waals surface area contributed by atoms with E-state index in [1.807, 2.05) is 18.5 Å². The van der Waals surface area contributed by atoms with Gasteiger partial charge in [-0.2, -0.15) is 5.10 Å². The Morgan fingerprint density at radius 1 is 1.23 bits per heavy atom. The Morgan fingerprint density at radius 2 is 1.96 bits per heavy atom. The van der Waals surface area contributed by atoms with Gasteiger partial charge in [0.15, 0.2) is 15.8 Å². The van der Waals surface area contributed by atoms with Crippen LogP contribution in [-0.2, 0) is 16.4 Å². The molecule has 2 N–H and O–H groups in total. The minimum absolute atomic E-state index is 0.271. The van der Waals surface area contributed by atoms with Crippen LogP contribution in [0.1, 0.15) is 24.7 Å². The summed E-state index contributed by atoms with van der Waals surface area (Å²) >= 11 is 0. The van der Waals surface area contributed by atoms with Gasteiger partial charge in [-0.25, -0.2) is 8.42 Å². The van der Waals surface area contributed by atoms with Gasteiger partial charge in [0, 0.05) is 51.5 Å². The molecule has 0 spiro atoms. The van der Waals surface area contributed by atoms with E-state index < -0.39 is 9.84 Å². The molecular weight excluding hydrogens is 352 g/mol. The zero-order valence-electron chi connectivity index (χ0n) is 16.2. The van der Waals surface area contributed by atoms with Crippen molar-refractivity contribution < 1.29 is 8.42 Å². The van der Waals surface area contributed by atoms with Gasteiger partial charge in [-0.1, -0.05) is 0 Å². The molecule has 8 nitrogen and oxygen atoms in total. The van der Waals surface area contributed by atoms with Crippen LogP contribution < -0.4 is 10.6 Å². The van der Waals surface area contributed by atoms with E-state index in [2.05, 4.69) is 38.6 Å². The number of nitrogens with one attached hydrogen (secondary N) is 2. The number of aryl methyl sites for hydroxylation is 3. The van der Waals surface area contributed by atoms with Crippen LogP contribution in [0.3, 0.4) is 0 Å². The number of sulfone groups is 1. The number of nitrogens with zero attached hydrogens (tertiary/aromatic N) is 4. The second kappa shape index (κ2) is 9.91. The molecule has 0 radical (unpaired) electrons. The van der Waals surface area contributed by atoms with Gasteiger partial charge in [0.25, 0.3) is 0 Å². The number of aromatic nitrogens is 2. The lowest BCUT2D eigenvalue weighted by atomic mass is 10.4. The van der Waals surface area contributed by atoms with Crippen molar-refractivity contribution in [2.75, 3.05) is 50.8 Å². The summed E-state index contributed by atoms with van der Waals surface area (Å²) in [6, 6.07) is 2.08. The molecule has 1 aromatic heterocycles. The fraction of sp³-hybridized carbons (Fsp3) is 0.765. The molecule has 0 aromatic carbocycles. The largest absolute Gasteiger partial charge is 0.357 e. The Hall–Kier alpha value is -1.61. The van der Waals surface area contributed by atoms with E-state index in [1.54, 1.807) is 0 Å². The third-order valence-corrected chi connectivity index (χ3v) is 6.01. The van der Waals surface area contributed by atoms with Crippen LogP contribution in [0.2, 0.25) is 0 Å². The van der Waals surface area contributed by atoms with Gasteiger partial charge < -0.3 is 10.6 Å². The summed E-state index contributed by atoms with van der Waals surface area (Å²) in [5.41, 5.74) is 2.23. The molecule has 0 atom stereocenters. The van der Waals surface area contributed by atoms with Crippen LogP contribution in [0, 0.1) is 13.8 Å². The van der Waals surface area contributed by atoms with Gasteiger partial charge >= 0.3 is 0 Å². The lowest BCUT2D eigenvalue weighted by molar-refractivity contribution is 0.299. The minimum Gasteiger partial charge on any atom is -0.357 e. The highest BCUT2D eigenvalue weighted by Gasteiger charge is 2.20. The fourth-order valence-electron chi connectivity index (χ4n) is 2.96. The summed E-state index contributed by atoms with van der Waals surface area (Å²) in [6.07, 6.45) is 0.933. The summed E-state index contributed by atoms with van der Waals surface area (Å²) in [4.78, 5) is 6.79. The highest BCUT2D eigenvalue weighted by molar-refractivity contribution is 7.91. The van der Waals surface area contributed by atoms with Crippen molar-refractivity contribution in [1.29, 1.82) is 0 Å². The number of rotatable bonds is 8. The van der Waals surface area contributed by atoms with Gasteiger partial charge in [0.05, 0.1) is 17.2 Å². The molecule has 9 heteroatoms. The molecule has 0 aliphatic carbocycles. The quantitative estimate of drug-likeness (QED) is 0.377. The number of hydrogen-bond donors (Lipinski definition) is 2. The molecule has 2 heterocycles. The zero-order chi connectivity index (χ0) is 19.0. The molecule has 0 amide bonds. The first-order valence-electron chi connectivity index (χ1n) is 9.35. The van der Waals surface area contributed by atoms with Gasteiger partial charge in [-0.05, 0) is 33.3 Å². The number of hydrogen-bond acceptors (Lipinski definition) is 5. The molecule has 26 heavy (non-hydrogen) atoms. The standard InChI is InChI=1S/C17H32N6O2S/c1-4-18-17(19-6-5-8-23-16(3)14-15(2)21-23)20-7-9-22-10-12-26(24,25)13-11-22/h14H,4-13H2,1-3H3,(H2,18,19,20). The third-order valence-electron chi connectivity index (χ3n) is 4.40. The molecule has 1 aliphatic rings.